The maximum Gasteiger partial charge on any atom is 0.317 e. The third-order valence-corrected chi connectivity index (χ3v) is 3.56. The first kappa shape index (κ1) is 13.6. The molecular formula is C11H22N2O2S. The number of rotatable bonds is 5. The van der Waals surface area contributed by atoms with Crippen molar-refractivity contribution in [2.75, 3.05) is 38.2 Å². The number of aliphatic hydroxyl groups is 1. The molecule has 1 fully saturated rings. The van der Waals surface area contributed by atoms with E-state index >= 15 is 0 Å². The number of hydrogen-bond acceptors (Lipinski definition) is 3. The number of nitrogens with zero attached hydrogens (tertiary/aromatic N) is 1. The Kier molecular flexibility index (Phi) is 6.64. The van der Waals surface area contributed by atoms with Gasteiger partial charge in [-0.15, -0.1) is 0 Å². The number of carbonyl (C=O) groups is 1. The molecule has 1 heterocycles. The first-order valence-electron chi connectivity index (χ1n) is 5.90. The van der Waals surface area contributed by atoms with Crippen molar-refractivity contribution in [2.24, 2.45) is 5.92 Å². The number of carbonyl (C=O) groups excluding carboxylic acids is 1. The fourth-order valence-corrected chi connectivity index (χ4v) is 2.36. The molecule has 0 aromatic rings. The number of aliphatic hydroxyl groups excluding tert-OH is 1. The van der Waals surface area contributed by atoms with Gasteiger partial charge < -0.3 is 15.3 Å². The average Bonchev–Trinajstić information content (AvgIpc) is 2.34. The number of urea groups is 1. The predicted octanol–water partition coefficient (Wildman–Crippen LogP) is 1.15. The van der Waals surface area contributed by atoms with Gasteiger partial charge in [0.15, 0.2) is 0 Å². The van der Waals surface area contributed by atoms with Crippen molar-refractivity contribution in [1.29, 1.82) is 0 Å². The molecular weight excluding hydrogens is 224 g/mol. The Balaban J connectivity index is 2.19. The van der Waals surface area contributed by atoms with Crippen LogP contribution in [0.3, 0.4) is 0 Å². The van der Waals surface area contributed by atoms with Crippen molar-refractivity contribution in [2.45, 2.75) is 19.3 Å². The van der Waals surface area contributed by atoms with Crippen LogP contribution < -0.4 is 5.32 Å². The Morgan fingerprint density at radius 1 is 1.62 bits per heavy atom. The molecule has 1 atom stereocenters. The summed E-state index contributed by atoms with van der Waals surface area (Å²) >= 11 is 1.79. The van der Waals surface area contributed by atoms with E-state index < -0.39 is 0 Å². The first-order valence-corrected chi connectivity index (χ1v) is 7.30. The van der Waals surface area contributed by atoms with Gasteiger partial charge in [-0.3, -0.25) is 0 Å². The quantitative estimate of drug-likeness (QED) is 0.716. The molecule has 4 nitrogen and oxygen atoms in total. The standard InChI is InChI=1S/C11H22N2O2S/c1-16-7-3-5-12-11(15)13-6-2-4-10(8-13)9-14/h10,14H,2-9H2,1H3,(H,12,15). The van der Waals surface area contributed by atoms with Crippen LogP contribution in [0, 0.1) is 5.92 Å². The molecule has 1 aliphatic heterocycles. The SMILES string of the molecule is CSCCCNC(=O)N1CCCC(CO)C1. The summed E-state index contributed by atoms with van der Waals surface area (Å²) in [7, 11) is 0. The highest BCUT2D eigenvalue weighted by Crippen LogP contribution is 2.15. The van der Waals surface area contributed by atoms with E-state index in [0.29, 0.717) is 6.54 Å². The summed E-state index contributed by atoms with van der Waals surface area (Å²) in [6.45, 7) is 2.46. The summed E-state index contributed by atoms with van der Waals surface area (Å²) in [6, 6.07) is 0.0271. The van der Waals surface area contributed by atoms with E-state index in [-0.39, 0.29) is 18.6 Å². The number of amides is 2. The van der Waals surface area contributed by atoms with Gasteiger partial charge in [-0.05, 0) is 37.2 Å². The lowest BCUT2D eigenvalue weighted by molar-refractivity contribution is 0.129. The minimum Gasteiger partial charge on any atom is -0.396 e. The molecule has 16 heavy (non-hydrogen) atoms. The van der Waals surface area contributed by atoms with Crippen LogP contribution >= 0.6 is 11.8 Å². The average molecular weight is 246 g/mol. The summed E-state index contributed by atoms with van der Waals surface area (Å²) in [5, 5.41) is 12.0. The molecule has 5 heteroatoms. The predicted molar refractivity (Wildman–Crippen MR) is 67.8 cm³/mol. The molecule has 1 unspecified atom stereocenters. The Hall–Kier alpha value is -0.420. The van der Waals surface area contributed by atoms with Crippen molar-refractivity contribution in [3.05, 3.63) is 0 Å². The maximum absolute atomic E-state index is 11.7. The molecule has 1 rings (SSSR count). The summed E-state index contributed by atoms with van der Waals surface area (Å²) in [5.74, 6) is 1.35. The number of likely N-dealkylation sites (tertiary alicyclic amines) is 1. The lowest BCUT2D eigenvalue weighted by Crippen LogP contribution is -2.46. The highest BCUT2D eigenvalue weighted by molar-refractivity contribution is 7.98. The molecule has 0 bridgehead atoms. The van der Waals surface area contributed by atoms with Crippen LogP contribution in [0.4, 0.5) is 4.79 Å². The summed E-state index contributed by atoms with van der Waals surface area (Å²) in [6.07, 6.45) is 5.12. The second-order valence-corrected chi connectivity index (χ2v) is 5.20. The van der Waals surface area contributed by atoms with Gasteiger partial charge in [0.05, 0.1) is 0 Å². The summed E-state index contributed by atoms with van der Waals surface area (Å²) < 4.78 is 0. The van der Waals surface area contributed by atoms with Crippen LogP contribution in [0.25, 0.3) is 0 Å². The minimum atomic E-state index is 0.0271. The fourth-order valence-electron chi connectivity index (χ4n) is 1.92. The monoisotopic (exact) mass is 246 g/mol. The topological polar surface area (TPSA) is 52.6 Å². The van der Waals surface area contributed by atoms with Gasteiger partial charge in [0.25, 0.3) is 0 Å². The van der Waals surface area contributed by atoms with Gasteiger partial charge in [0.2, 0.25) is 0 Å². The molecule has 0 radical (unpaired) electrons. The normalized spacial score (nSPS) is 20.9. The molecule has 2 N–H and O–H groups in total. The fraction of sp³-hybridized carbons (Fsp3) is 0.909. The lowest BCUT2D eigenvalue weighted by Gasteiger charge is -2.31. The van der Waals surface area contributed by atoms with Crippen molar-refractivity contribution in [3.63, 3.8) is 0 Å². The molecule has 2 amide bonds. The maximum atomic E-state index is 11.7. The Bertz CT molecular complexity index is 214. The van der Waals surface area contributed by atoms with Crippen molar-refractivity contribution < 1.29 is 9.90 Å². The molecule has 0 aromatic carbocycles. The molecule has 0 spiro atoms. The van der Waals surface area contributed by atoms with Crippen molar-refractivity contribution in [3.8, 4) is 0 Å². The van der Waals surface area contributed by atoms with Crippen LogP contribution in [-0.2, 0) is 0 Å². The second kappa shape index (κ2) is 7.79. The lowest BCUT2D eigenvalue weighted by atomic mass is 9.99. The van der Waals surface area contributed by atoms with Crippen molar-refractivity contribution in [1.82, 2.24) is 10.2 Å². The zero-order chi connectivity index (χ0) is 11.8. The van der Waals surface area contributed by atoms with Crippen LogP contribution in [0.2, 0.25) is 0 Å². The van der Waals surface area contributed by atoms with Crippen LogP contribution in [0.1, 0.15) is 19.3 Å². The van der Waals surface area contributed by atoms with Gasteiger partial charge in [0.1, 0.15) is 0 Å². The number of thioether (sulfide) groups is 1. The molecule has 1 aliphatic rings. The highest BCUT2D eigenvalue weighted by atomic mass is 32.2. The zero-order valence-corrected chi connectivity index (χ0v) is 10.8. The summed E-state index contributed by atoms with van der Waals surface area (Å²) in [4.78, 5) is 13.6. The second-order valence-electron chi connectivity index (χ2n) is 4.22. The molecule has 0 saturated carbocycles. The van der Waals surface area contributed by atoms with Crippen LogP contribution in [0.5, 0.6) is 0 Å². The van der Waals surface area contributed by atoms with E-state index in [1.807, 2.05) is 4.90 Å². The van der Waals surface area contributed by atoms with Gasteiger partial charge >= 0.3 is 6.03 Å². The Labute approximate surface area is 102 Å². The number of hydrogen-bond donors (Lipinski definition) is 2. The van der Waals surface area contributed by atoms with E-state index in [2.05, 4.69) is 11.6 Å². The minimum absolute atomic E-state index is 0.0271. The highest BCUT2D eigenvalue weighted by Gasteiger charge is 2.22. The number of piperidine rings is 1. The Morgan fingerprint density at radius 2 is 2.44 bits per heavy atom. The van der Waals surface area contributed by atoms with Gasteiger partial charge in [0, 0.05) is 26.2 Å². The van der Waals surface area contributed by atoms with Crippen molar-refractivity contribution >= 4 is 17.8 Å². The van der Waals surface area contributed by atoms with Gasteiger partial charge in [-0.25, -0.2) is 4.79 Å². The Morgan fingerprint density at radius 3 is 3.12 bits per heavy atom. The molecule has 94 valence electrons. The van der Waals surface area contributed by atoms with Gasteiger partial charge in [-0.2, -0.15) is 11.8 Å². The summed E-state index contributed by atoms with van der Waals surface area (Å²) in [5.41, 5.74) is 0. The molecule has 0 aliphatic carbocycles. The van der Waals surface area contributed by atoms with Crippen LogP contribution in [0.15, 0.2) is 0 Å². The van der Waals surface area contributed by atoms with E-state index in [1.54, 1.807) is 11.8 Å². The first-order chi connectivity index (χ1) is 7.77. The third-order valence-electron chi connectivity index (χ3n) is 2.87. The smallest absolute Gasteiger partial charge is 0.317 e. The van der Waals surface area contributed by atoms with E-state index in [0.717, 1.165) is 38.1 Å². The molecule has 0 aromatic heterocycles. The van der Waals surface area contributed by atoms with E-state index in [4.69, 9.17) is 5.11 Å². The number of nitrogens with one attached hydrogen (secondary N) is 1. The van der Waals surface area contributed by atoms with E-state index in [1.165, 1.54) is 0 Å². The molecule has 1 saturated heterocycles. The largest absolute Gasteiger partial charge is 0.396 e. The van der Waals surface area contributed by atoms with E-state index in [9.17, 15) is 4.79 Å². The third kappa shape index (κ3) is 4.61. The zero-order valence-electron chi connectivity index (χ0n) is 9.95. The van der Waals surface area contributed by atoms with Crippen LogP contribution in [-0.4, -0.2) is 54.3 Å². The van der Waals surface area contributed by atoms with Gasteiger partial charge in [-0.1, -0.05) is 0 Å².